The highest BCUT2D eigenvalue weighted by Crippen LogP contribution is 2.31. The van der Waals surface area contributed by atoms with Crippen molar-refractivity contribution < 1.29 is 18.3 Å². The van der Waals surface area contributed by atoms with Gasteiger partial charge in [-0.25, -0.2) is 18.2 Å². The van der Waals surface area contributed by atoms with Crippen molar-refractivity contribution in [3.8, 4) is 0 Å². The van der Waals surface area contributed by atoms with Gasteiger partial charge in [-0.15, -0.1) is 11.3 Å². The molecule has 1 aliphatic heterocycles. The molecule has 6 nitrogen and oxygen atoms in total. The summed E-state index contributed by atoms with van der Waals surface area (Å²) in [6, 6.07) is -0.107. The molecule has 2 heterocycles. The van der Waals surface area contributed by atoms with E-state index in [0.717, 1.165) is 24.2 Å². The third-order valence-corrected chi connectivity index (χ3v) is 6.67. The molecule has 1 saturated heterocycles. The number of hydrogen-bond acceptors (Lipinski definition) is 5. The quantitative estimate of drug-likeness (QED) is 0.917. The van der Waals surface area contributed by atoms with Crippen molar-refractivity contribution in [2.24, 2.45) is 5.92 Å². The van der Waals surface area contributed by atoms with Gasteiger partial charge in [-0.3, -0.25) is 0 Å². The molecule has 106 valence electrons. The molecule has 2 atom stereocenters. The van der Waals surface area contributed by atoms with E-state index >= 15 is 0 Å². The lowest BCUT2D eigenvalue weighted by atomic mass is 9.97. The Balaban J connectivity index is 2.41. The lowest BCUT2D eigenvalue weighted by Crippen LogP contribution is -2.44. The van der Waals surface area contributed by atoms with Crippen molar-refractivity contribution in [1.82, 2.24) is 9.29 Å². The van der Waals surface area contributed by atoms with Crippen molar-refractivity contribution in [3.63, 3.8) is 0 Å². The zero-order valence-corrected chi connectivity index (χ0v) is 12.4. The first kappa shape index (κ1) is 14.4. The second-order valence-corrected chi connectivity index (χ2v) is 7.84. The van der Waals surface area contributed by atoms with Gasteiger partial charge < -0.3 is 5.11 Å². The van der Waals surface area contributed by atoms with E-state index in [0.29, 0.717) is 6.54 Å². The molecule has 2 unspecified atom stereocenters. The molecule has 0 bridgehead atoms. The van der Waals surface area contributed by atoms with E-state index in [1.807, 2.05) is 13.8 Å². The Labute approximate surface area is 116 Å². The maximum absolute atomic E-state index is 12.6. The van der Waals surface area contributed by atoms with Gasteiger partial charge in [0.15, 0.2) is 9.90 Å². The van der Waals surface area contributed by atoms with Crippen LogP contribution in [0.2, 0.25) is 0 Å². The van der Waals surface area contributed by atoms with Gasteiger partial charge in [0.2, 0.25) is 0 Å². The first-order chi connectivity index (χ1) is 8.84. The van der Waals surface area contributed by atoms with E-state index in [4.69, 9.17) is 5.11 Å². The second-order valence-electron chi connectivity index (χ2n) is 4.90. The fourth-order valence-corrected chi connectivity index (χ4v) is 5.29. The Bertz CT molecular complexity index is 581. The predicted octanol–water partition coefficient (Wildman–Crippen LogP) is 1.65. The number of carboxylic acids is 1. The monoisotopic (exact) mass is 304 g/mol. The standard InChI is InChI=1S/C11H16N2O4S2/c1-7-3-4-8(2)13(5-7)19(16,17)11-9(10(14)15)12-6-18-11/h6-8H,3-5H2,1-2H3,(H,14,15). The van der Waals surface area contributed by atoms with Crippen LogP contribution in [0.5, 0.6) is 0 Å². The van der Waals surface area contributed by atoms with Crippen LogP contribution < -0.4 is 0 Å². The molecular formula is C11H16N2O4S2. The predicted molar refractivity (Wildman–Crippen MR) is 70.8 cm³/mol. The van der Waals surface area contributed by atoms with Crippen LogP contribution in [0, 0.1) is 5.92 Å². The highest BCUT2D eigenvalue weighted by Gasteiger charge is 2.37. The molecule has 19 heavy (non-hydrogen) atoms. The minimum absolute atomic E-state index is 0.107. The summed E-state index contributed by atoms with van der Waals surface area (Å²) in [6.45, 7) is 4.28. The fraction of sp³-hybridized carbons (Fsp3) is 0.636. The molecule has 2 rings (SSSR count). The number of rotatable bonds is 3. The van der Waals surface area contributed by atoms with Crippen LogP contribution >= 0.6 is 11.3 Å². The molecule has 1 aromatic heterocycles. The topological polar surface area (TPSA) is 87.6 Å². The van der Waals surface area contributed by atoms with Gasteiger partial charge in [0, 0.05) is 12.6 Å². The first-order valence-corrected chi connectivity index (χ1v) is 8.34. The van der Waals surface area contributed by atoms with Crippen LogP contribution in [0.1, 0.15) is 37.2 Å². The van der Waals surface area contributed by atoms with Gasteiger partial charge in [-0.1, -0.05) is 6.92 Å². The summed E-state index contributed by atoms with van der Waals surface area (Å²) < 4.78 is 26.4. The Hall–Kier alpha value is -0.990. The van der Waals surface area contributed by atoms with Gasteiger partial charge in [0.25, 0.3) is 10.0 Å². The van der Waals surface area contributed by atoms with Crippen molar-refractivity contribution in [1.29, 1.82) is 0 Å². The van der Waals surface area contributed by atoms with Crippen LogP contribution in [-0.4, -0.2) is 41.4 Å². The molecule has 0 radical (unpaired) electrons. The summed E-state index contributed by atoms with van der Waals surface area (Å²) in [5.74, 6) is -1.02. The molecule has 0 aliphatic carbocycles. The van der Waals surface area contributed by atoms with Gasteiger partial charge in [-0.2, -0.15) is 4.31 Å². The third-order valence-electron chi connectivity index (χ3n) is 3.34. The summed E-state index contributed by atoms with van der Waals surface area (Å²) in [4.78, 5) is 14.7. The van der Waals surface area contributed by atoms with E-state index in [1.54, 1.807) is 0 Å². The molecule has 0 saturated carbocycles. The van der Waals surface area contributed by atoms with Crippen molar-refractivity contribution >= 4 is 27.3 Å². The molecule has 0 amide bonds. The van der Waals surface area contributed by atoms with E-state index in [-0.39, 0.29) is 21.9 Å². The summed E-state index contributed by atoms with van der Waals surface area (Å²) in [5.41, 5.74) is 0.879. The number of hydrogen-bond donors (Lipinski definition) is 1. The average Bonchev–Trinajstić information content (AvgIpc) is 2.82. The largest absolute Gasteiger partial charge is 0.476 e. The number of aromatic carboxylic acids is 1. The maximum Gasteiger partial charge on any atom is 0.356 e. The molecule has 8 heteroatoms. The highest BCUT2D eigenvalue weighted by atomic mass is 32.2. The Morgan fingerprint density at radius 3 is 2.79 bits per heavy atom. The van der Waals surface area contributed by atoms with Crippen molar-refractivity contribution in [3.05, 3.63) is 11.2 Å². The Morgan fingerprint density at radius 2 is 2.16 bits per heavy atom. The van der Waals surface area contributed by atoms with Crippen LogP contribution in [-0.2, 0) is 10.0 Å². The lowest BCUT2D eigenvalue weighted by molar-refractivity contribution is 0.0687. The van der Waals surface area contributed by atoms with E-state index in [1.165, 1.54) is 9.82 Å². The molecule has 1 N–H and O–H groups in total. The SMILES string of the molecule is CC1CCC(C)N(S(=O)(=O)c2scnc2C(=O)O)C1. The van der Waals surface area contributed by atoms with Crippen LogP contribution in [0.3, 0.4) is 0 Å². The summed E-state index contributed by atoms with van der Waals surface area (Å²) >= 11 is 0.860. The Morgan fingerprint density at radius 1 is 1.47 bits per heavy atom. The molecule has 0 aromatic carbocycles. The second kappa shape index (κ2) is 5.18. The zero-order chi connectivity index (χ0) is 14.2. The molecular weight excluding hydrogens is 288 g/mol. The van der Waals surface area contributed by atoms with E-state index < -0.39 is 16.0 Å². The van der Waals surface area contributed by atoms with Gasteiger partial charge in [0.1, 0.15) is 0 Å². The smallest absolute Gasteiger partial charge is 0.356 e. The van der Waals surface area contributed by atoms with Gasteiger partial charge in [-0.05, 0) is 25.7 Å². The average molecular weight is 304 g/mol. The third kappa shape index (κ3) is 2.65. The zero-order valence-electron chi connectivity index (χ0n) is 10.7. The van der Waals surface area contributed by atoms with E-state index in [2.05, 4.69) is 4.98 Å². The minimum atomic E-state index is -3.77. The normalized spacial score (nSPS) is 25.4. The molecule has 1 aromatic rings. The highest BCUT2D eigenvalue weighted by molar-refractivity contribution is 7.91. The first-order valence-electron chi connectivity index (χ1n) is 6.02. The van der Waals surface area contributed by atoms with Crippen LogP contribution in [0.15, 0.2) is 9.72 Å². The number of carbonyl (C=O) groups is 1. The van der Waals surface area contributed by atoms with E-state index in [9.17, 15) is 13.2 Å². The number of piperidine rings is 1. The maximum atomic E-state index is 12.6. The van der Waals surface area contributed by atoms with Crippen LogP contribution in [0.25, 0.3) is 0 Å². The lowest BCUT2D eigenvalue weighted by Gasteiger charge is -2.35. The number of aromatic nitrogens is 1. The number of nitrogens with zero attached hydrogens (tertiary/aromatic N) is 2. The van der Waals surface area contributed by atoms with Crippen LogP contribution in [0.4, 0.5) is 0 Å². The Kier molecular flexibility index (Phi) is 3.93. The number of carboxylic acid groups (broad SMARTS) is 1. The van der Waals surface area contributed by atoms with Gasteiger partial charge >= 0.3 is 5.97 Å². The van der Waals surface area contributed by atoms with Gasteiger partial charge in [0.05, 0.1) is 5.51 Å². The molecule has 1 fully saturated rings. The van der Waals surface area contributed by atoms with Crippen molar-refractivity contribution in [2.75, 3.05) is 6.54 Å². The molecule has 1 aliphatic rings. The summed E-state index contributed by atoms with van der Waals surface area (Å²) in [7, 11) is -3.77. The number of thiazole rings is 1. The molecule has 0 spiro atoms. The number of sulfonamides is 1. The summed E-state index contributed by atoms with van der Waals surface area (Å²) in [6.07, 6.45) is 1.78. The fourth-order valence-electron chi connectivity index (χ4n) is 2.25. The van der Waals surface area contributed by atoms with Crippen molar-refractivity contribution in [2.45, 2.75) is 36.9 Å². The summed E-state index contributed by atoms with van der Waals surface area (Å²) in [5, 5.41) is 9.00. The minimum Gasteiger partial charge on any atom is -0.476 e.